The summed E-state index contributed by atoms with van der Waals surface area (Å²) in [6.45, 7) is 12.1. The van der Waals surface area contributed by atoms with E-state index in [1.165, 1.54) is 10.9 Å². The molecule has 3 rings (SSSR count). The zero-order valence-corrected chi connectivity index (χ0v) is 16.6. The molecule has 0 spiro atoms. The highest BCUT2D eigenvalue weighted by Crippen LogP contribution is 2.30. The lowest BCUT2D eigenvalue weighted by Crippen LogP contribution is -1.97. The quantitative estimate of drug-likeness (QED) is 0.142. The Labute approximate surface area is 161 Å². The number of benzene rings is 2. The molecule has 3 N–H and O–H groups in total. The maximum Gasteiger partial charge on any atom is 0.176 e. The standard InChI is InChI=1S/C17H17N5.C3H6.C2H6/c1-2-3-10-22-15-7-5-4-6-13(15)14-11-12(8-9-16(14)22)17(18)20-21-19;1-3-2;1-2/h2-9,11H,10H2,1H3,(H3,18,19,20);3H,1H2,2H3;1-2H3/b3-2+;;. The van der Waals surface area contributed by atoms with E-state index in [4.69, 9.17) is 11.3 Å². The fourth-order valence-electron chi connectivity index (χ4n) is 2.72. The van der Waals surface area contributed by atoms with Crippen LogP contribution in [0.2, 0.25) is 0 Å². The highest BCUT2D eigenvalue weighted by molar-refractivity contribution is 6.11. The normalized spacial score (nSPS) is 10.5. The number of nitrogens with two attached hydrogens (primary N) is 1. The van der Waals surface area contributed by atoms with Crippen molar-refractivity contribution in [3.63, 3.8) is 0 Å². The van der Waals surface area contributed by atoms with Gasteiger partial charge < -0.3 is 10.4 Å². The Kier molecular flexibility index (Phi) is 9.23. The molecular formula is C22H29N5. The first-order valence-electron chi connectivity index (χ1n) is 9.07. The number of amidine groups is 1. The average Bonchev–Trinajstić information content (AvgIpc) is 3.02. The van der Waals surface area contributed by atoms with E-state index >= 15 is 0 Å². The van der Waals surface area contributed by atoms with Crippen LogP contribution < -0.4 is 5.84 Å². The Hall–Kier alpha value is -3.21. The summed E-state index contributed by atoms with van der Waals surface area (Å²) in [6, 6.07) is 14.2. The van der Waals surface area contributed by atoms with Crippen LogP contribution >= 0.6 is 0 Å². The van der Waals surface area contributed by atoms with E-state index in [1.54, 1.807) is 6.08 Å². The highest BCUT2D eigenvalue weighted by atomic mass is 15.3. The number of rotatable bonds is 3. The molecule has 0 bridgehead atoms. The minimum absolute atomic E-state index is 0.0645. The minimum atomic E-state index is 0.0645. The van der Waals surface area contributed by atoms with Crippen molar-refractivity contribution >= 4 is 27.6 Å². The van der Waals surface area contributed by atoms with Crippen LogP contribution in [-0.2, 0) is 6.54 Å². The molecule has 0 atom stereocenters. The Morgan fingerprint density at radius 1 is 1.11 bits per heavy atom. The number of nitrogens with zero attached hydrogens (tertiary/aromatic N) is 3. The molecule has 0 aliphatic heterocycles. The molecule has 0 radical (unpaired) electrons. The molecule has 1 heterocycles. The largest absolute Gasteiger partial charge is 0.337 e. The SMILES string of the molecule is C/C=C/Cn1c2ccccc2c2cc(C(=N)N=NN)ccc21.C=CC.CC. The Morgan fingerprint density at radius 3 is 2.37 bits per heavy atom. The molecule has 1 aromatic heterocycles. The number of hydrogen-bond acceptors (Lipinski definition) is 2. The van der Waals surface area contributed by atoms with Crippen molar-refractivity contribution in [3.05, 3.63) is 72.8 Å². The zero-order chi connectivity index (χ0) is 20.2. The van der Waals surface area contributed by atoms with Crippen molar-refractivity contribution in [3.8, 4) is 0 Å². The summed E-state index contributed by atoms with van der Waals surface area (Å²) in [6.07, 6.45) is 5.93. The second-order valence-electron chi connectivity index (χ2n) is 5.40. The third-order valence-electron chi connectivity index (χ3n) is 3.73. The third kappa shape index (κ3) is 5.14. The second-order valence-corrected chi connectivity index (χ2v) is 5.40. The Bertz CT molecular complexity index is 948. The fraction of sp³-hybridized carbons (Fsp3) is 0.227. The summed E-state index contributed by atoms with van der Waals surface area (Å²) in [4.78, 5) is 0. The van der Waals surface area contributed by atoms with Crippen LogP contribution in [0.25, 0.3) is 21.8 Å². The molecular weight excluding hydrogens is 334 g/mol. The second kappa shape index (κ2) is 11.4. The molecule has 27 heavy (non-hydrogen) atoms. The number of nitrogens with one attached hydrogen (secondary N) is 1. The summed E-state index contributed by atoms with van der Waals surface area (Å²) < 4.78 is 2.27. The van der Waals surface area contributed by atoms with Gasteiger partial charge in [0.2, 0.25) is 0 Å². The number of aromatic nitrogens is 1. The summed E-state index contributed by atoms with van der Waals surface area (Å²) >= 11 is 0. The lowest BCUT2D eigenvalue weighted by atomic mass is 10.1. The molecule has 142 valence electrons. The van der Waals surface area contributed by atoms with Gasteiger partial charge >= 0.3 is 0 Å². The zero-order valence-electron chi connectivity index (χ0n) is 16.6. The monoisotopic (exact) mass is 363 g/mol. The van der Waals surface area contributed by atoms with Crippen molar-refractivity contribution in [1.29, 1.82) is 5.41 Å². The van der Waals surface area contributed by atoms with Gasteiger partial charge in [-0.05, 0) is 38.1 Å². The first kappa shape index (κ1) is 21.8. The first-order valence-corrected chi connectivity index (χ1v) is 9.07. The van der Waals surface area contributed by atoms with E-state index in [9.17, 15) is 0 Å². The van der Waals surface area contributed by atoms with Gasteiger partial charge in [0, 0.05) is 33.9 Å². The van der Waals surface area contributed by atoms with Crippen molar-refractivity contribution in [1.82, 2.24) is 4.57 Å². The van der Waals surface area contributed by atoms with Gasteiger partial charge in [-0.25, -0.2) is 0 Å². The first-order chi connectivity index (χ1) is 13.2. The van der Waals surface area contributed by atoms with E-state index in [0.29, 0.717) is 5.56 Å². The summed E-state index contributed by atoms with van der Waals surface area (Å²) in [5.74, 6) is 5.10. The van der Waals surface area contributed by atoms with Gasteiger partial charge in [0.1, 0.15) is 0 Å². The van der Waals surface area contributed by atoms with Crippen LogP contribution in [0.15, 0.2) is 77.6 Å². The number of para-hydroxylation sites is 1. The van der Waals surface area contributed by atoms with Crippen molar-refractivity contribution in [2.45, 2.75) is 34.2 Å². The molecule has 0 aliphatic carbocycles. The molecule has 5 heteroatoms. The van der Waals surface area contributed by atoms with Gasteiger partial charge in [0.05, 0.1) is 0 Å². The van der Waals surface area contributed by atoms with Gasteiger partial charge in [-0.15, -0.1) is 11.7 Å². The van der Waals surface area contributed by atoms with E-state index < -0.39 is 0 Å². The average molecular weight is 364 g/mol. The van der Waals surface area contributed by atoms with E-state index in [2.05, 4.69) is 39.7 Å². The molecule has 5 nitrogen and oxygen atoms in total. The minimum Gasteiger partial charge on any atom is -0.337 e. The van der Waals surface area contributed by atoms with Crippen LogP contribution in [0.5, 0.6) is 0 Å². The summed E-state index contributed by atoms with van der Waals surface area (Å²) in [7, 11) is 0. The van der Waals surface area contributed by atoms with Crippen LogP contribution in [-0.4, -0.2) is 10.4 Å². The molecule has 0 saturated heterocycles. The van der Waals surface area contributed by atoms with Gasteiger partial charge in [-0.3, -0.25) is 5.41 Å². The highest BCUT2D eigenvalue weighted by Gasteiger charge is 2.11. The number of hydrogen-bond donors (Lipinski definition) is 2. The van der Waals surface area contributed by atoms with Crippen LogP contribution in [0.3, 0.4) is 0 Å². The van der Waals surface area contributed by atoms with Crippen molar-refractivity contribution in [2.24, 2.45) is 16.2 Å². The van der Waals surface area contributed by atoms with Crippen molar-refractivity contribution in [2.75, 3.05) is 0 Å². The van der Waals surface area contributed by atoms with Crippen molar-refractivity contribution < 1.29 is 0 Å². The maximum atomic E-state index is 7.87. The summed E-state index contributed by atoms with van der Waals surface area (Å²) in [5, 5.41) is 16.9. The van der Waals surface area contributed by atoms with E-state index in [-0.39, 0.29) is 5.84 Å². The van der Waals surface area contributed by atoms with Gasteiger partial charge in [-0.2, -0.15) is 0 Å². The number of fused-ring (bicyclic) bond motifs is 3. The van der Waals surface area contributed by atoms with Gasteiger partial charge in [0.25, 0.3) is 0 Å². The topological polar surface area (TPSA) is 79.5 Å². The molecule has 0 aliphatic rings. The molecule has 0 saturated carbocycles. The summed E-state index contributed by atoms with van der Waals surface area (Å²) in [5.41, 5.74) is 3.02. The molecule has 0 fully saturated rings. The van der Waals surface area contributed by atoms with Crippen LogP contribution in [0.4, 0.5) is 0 Å². The molecule has 0 amide bonds. The third-order valence-corrected chi connectivity index (χ3v) is 3.73. The molecule has 0 unspecified atom stereocenters. The molecule has 3 aromatic rings. The van der Waals surface area contributed by atoms with Crippen LogP contribution in [0, 0.1) is 5.41 Å². The molecule has 2 aromatic carbocycles. The Balaban J connectivity index is 0.000000665. The van der Waals surface area contributed by atoms with Gasteiger partial charge in [-0.1, -0.05) is 55.5 Å². The van der Waals surface area contributed by atoms with E-state index in [1.807, 2.05) is 64.1 Å². The van der Waals surface area contributed by atoms with E-state index in [0.717, 1.165) is 17.4 Å². The Morgan fingerprint density at radius 2 is 1.74 bits per heavy atom. The lowest BCUT2D eigenvalue weighted by molar-refractivity contribution is 0.897. The lowest BCUT2D eigenvalue weighted by Gasteiger charge is -2.04. The van der Waals surface area contributed by atoms with Gasteiger partial charge in [0.15, 0.2) is 5.84 Å². The maximum absolute atomic E-state index is 7.87. The fourth-order valence-corrected chi connectivity index (χ4v) is 2.72. The number of allylic oxidation sites excluding steroid dienone is 3. The smallest absolute Gasteiger partial charge is 0.176 e. The van der Waals surface area contributed by atoms with Crippen LogP contribution in [0.1, 0.15) is 33.3 Å². The predicted molar refractivity (Wildman–Crippen MR) is 117 cm³/mol. The predicted octanol–water partition coefficient (Wildman–Crippen LogP) is 6.24.